The second-order valence-electron chi connectivity index (χ2n) is 4.24. The molecule has 2 N–H and O–H groups in total. The van der Waals surface area contributed by atoms with Gasteiger partial charge in [-0.05, 0) is 25.1 Å². The van der Waals surface area contributed by atoms with Gasteiger partial charge in [-0.3, -0.25) is 9.56 Å². The molecule has 0 unspecified atom stereocenters. The van der Waals surface area contributed by atoms with Crippen LogP contribution in [0.2, 0.25) is 0 Å². The van der Waals surface area contributed by atoms with E-state index in [0.717, 1.165) is 23.0 Å². The third-order valence-electron chi connectivity index (χ3n) is 2.95. The number of benzene rings is 1. The quantitative estimate of drug-likeness (QED) is 0.852. The van der Waals surface area contributed by atoms with Crippen LogP contribution in [0.4, 0.5) is 5.95 Å². The monoisotopic (exact) mass is 290 g/mol. The summed E-state index contributed by atoms with van der Waals surface area (Å²) in [6.45, 7) is 2.92. The Labute approximate surface area is 120 Å². The number of rotatable bonds is 2. The van der Waals surface area contributed by atoms with Gasteiger partial charge in [0.15, 0.2) is 5.17 Å². The Morgan fingerprint density at radius 3 is 3.10 bits per heavy atom. The Hall–Kier alpha value is -2.02. The van der Waals surface area contributed by atoms with Gasteiger partial charge in [0.2, 0.25) is 5.95 Å². The molecule has 1 aromatic heterocycles. The summed E-state index contributed by atoms with van der Waals surface area (Å²) in [7, 11) is 0. The van der Waals surface area contributed by atoms with Crippen molar-refractivity contribution in [2.45, 2.75) is 6.92 Å². The van der Waals surface area contributed by atoms with Crippen molar-refractivity contribution >= 4 is 39.9 Å². The van der Waals surface area contributed by atoms with Crippen LogP contribution in [0.1, 0.15) is 17.3 Å². The smallest absolute Gasteiger partial charge is 0.338 e. The second-order valence-corrected chi connectivity index (χ2v) is 5.30. The zero-order chi connectivity index (χ0) is 14.1. The molecule has 1 aliphatic heterocycles. The normalized spacial score (nSPS) is 14.6. The summed E-state index contributed by atoms with van der Waals surface area (Å²) < 4.78 is 6.80. The number of aliphatic imine (C=N–C) groups is 1. The summed E-state index contributed by atoms with van der Waals surface area (Å²) in [6, 6.07) is 5.24. The van der Waals surface area contributed by atoms with Crippen LogP contribution in [0.15, 0.2) is 23.2 Å². The highest BCUT2D eigenvalue weighted by molar-refractivity contribution is 8.14. The third kappa shape index (κ3) is 2.14. The van der Waals surface area contributed by atoms with Crippen molar-refractivity contribution in [1.29, 1.82) is 0 Å². The fourth-order valence-electron chi connectivity index (χ4n) is 2.10. The third-order valence-corrected chi connectivity index (χ3v) is 3.91. The molecular weight excluding hydrogens is 276 g/mol. The van der Waals surface area contributed by atoms with Gasteiger partial charge < -0.3 is 10.5 Å². The predicted octanol–water partition coefficient (Wildman–Crippen LogP) is 1.75. The molecule has 0 spiro atoms. The molecule has 1 aromatic carbocycles. The molecular formula is C13H14N4O2S. The summed E-state index contributed by atoms with van der Waals surface area (Å²) in [5.41, 5.74) is 7.96. The molecule has 0 saturated carbocycles. The van der Waals surface area contributed by atoms with Gasteiger partial charge in [0.25, 0.3) is 0 Å². The predicted molar refractivity (Wildman–Crippen MR) is 80.3 cm³/mol. The highest BCUT2D eigenvalue weighted by Crippen LogP contribution is 2.24. The van der Waals surface area contributed by atoms with Gasteiger partial charge in [-0.25, -0.2) is 9.78 Å². The number of imidazole rings is 1. The Kier molecular flexibility index (Phi) is 3.35. The SMILES string of the molecule is CCOC(=O)c1ccc2c(c1)nc(N)n2C1=NCCS1. The van der Waals surface area contributed by atoms with Gasteiger partial charge in [-0.15, -0.1) is 0 Å². The Balaban J connectivity index is 2.07. The fourth-order valence-corrected chi connectivity index (χ4v) is 2.97. The zero-order valence-electron chi connectivity index (χ0n) is 11.0. The summed E-state index contributed by atoms with van der Waals surface area (Å²) in [5.74, 6) is 0.985. The van der Waals surface area contributed by atoms with Crippen LogP contribution in [-0.4, -0.2) is 39.6 Å². The molecule has 0 atom stereocenters. The van der Waals surface area contributed by atoms with Crippen LogP contribution >= 0.6 is 11.8 Å². The van der Waals surface area contributed by atoms with Crippen molar-refractivity contribution in [2.24, 2.45) is 4.99 Å². The van der Waals surface area contributed by atoms with E-state index >= 15 is 0 Å². The van der Waals surface area contributed by atoms with Gasteiger partial charge in [-0.2, -0.15) is 0 Å². The molecule has 2 heterocycles. The maximum absolute atomic E-state index is 11.7. The van der Waals surface area contributed by atoms with E-state index in [1.165, 1.54) is 0 Å². The molecule has 0 bridgehead atoms. The Morgan fingerprint density at radius 2 is 2.40 bits per heavy atom. The first-order valence-corrected chi connectivity index (χ1v) is 7.32. The minimum atomic E-state index is -0.352. The zero-order valence-corrected chi connectivity index (χ0v) is 11.8. The van der Waals surface area contributed by atoms with Gasteiger partial charge >= 0.3 is 5.97 Å². The topological polar surface area (TPSA) is 82.5 Å². The first-order chi connectivity index (χ1) is 9.70. The van der Waals surface area contributed by atoms with Crippen molar-refractivity contribution in [3.05, 3.63) is 23.8 Å². The molecule has 0 saturated heterocycles. The van der Waals surface area contributed by atoms with E-state index in [1.807, 2.05) is 10.6 Å². The molecule has 104 valence electrons. The first-order valence-electron chi connectivity index (χ1n) is 6.33. The molecule has 0 amide bonds. The van der Waals surface area contributed by atoms with Crippen LogP contribution < -0.4 is 5.73 Å². The first kappa shape index (κ1) is 13.0. The Morgan fingerprint density at radius 1 is 1.55 bits per heavy atom. The summed E-state index contributed by atoms with van der Waals surface area (Å²) >= 11 is 1.65. The minimum absolute atomic E-state index is 0.348. The maximum atomic E-state index is 11.7. The van der Waals surface area contributed by atoms with Crippen molar-refractivity contribution < 1.29 is 9.53 Å². The lowest BCUT2D eigenvalue weighted by molar-refractivity contribution is 0.0526. The van der Waals surface area contributed by atoms with Gasteiger partial charge in [-0.1, -0.05) is 11.8 Å². The minimum Gasteiger partial charge on any atom is -0.462 e. The number of nitrogens with two attached hydrogens (primary N) is 1. The van der Waals surface area contributed by atoms with Gasteiger partial charge in [0, 0.05) is 5.75 Å². The molecule has 3 rings (SSSR count). The van der Waals surface area contributed by atoms with E-state index in [0.29, 0.717) is 23.6 Å². The average molecular weight is 290 g/mol. The van der Waals surface area contributed by atoms with Crippen molar-refractivity contribution in [1.82, 2.24) is 9.55 Å². The number of nitrogens with zero attached hydrogens (tertiary/aromatic N) is 3. The number of anilines is 1. The molecule has 20 heavy (non-hydrogen) atoms. The van der Waals surface area contributed by atoms with Crippen LogP contribution in [0.5, 0.6) is 0 Å². The van der Waals surface area contributed by atoms with Crippen molar-refractivity contribution in [2.75, 3.05) is 24.6 Å². The lowest BCUT2D eigenvalue weighted by Crippen LogP contribution is -2.09. The van der Waals surface area contributed by atoms with E-state index in [9.17, 15) is 4.79 Å². The molecule has 7 heteroatoms. The number of carbonyl (C=O) groups is 1. The van der Waals surface area contributed by atoms with Crippen molar-refractivity contribution in [3.63, 3.8) is 0 Å². The van der Waals surface area contributed by atoms with Gasteiger partial charge in [0.1, 0.15) is 0 Å². The molecule has 6 nitrogen and oxygen atoms in total. The average Bonchev–Trinajstić information content (AvgIpc) is 3.04. The number of ether oxygens (including phenoxy) is 1. The summed E-state index contributed by atoms with van der Waals surface area (Å²) in [5, 5.41) is 0.855. The second kappa shape index (κ2) is 5.16. The lowest BCUT2D eigenvalue weighted by atomic mass is 10.2. The highest BCUT2D eigenvalue weighted by Gasteiger charge is 2.18. The van der Waals surface area contributed by atoms with E-state index in [4.69, 9.17) is 10.5 Å². The molecule has 0 radical (unpaired) electrons. The molecule has 0 fully saturated rings. The number of carbonyl (C=O) groups excluding carboxylic acids is 1. The van der Waals surface area contributed by atoms with Crippen LogP contribution in [0.25, 0.3) is 11.0 Å². The summed E-state index contributed by atoms with van der Waals surface area (Å²) in [4.78, 5) is 20.4. The van der Waals surface area contributed by atoms with Crippen molar-refractivity contribution in [3.8, 4) is 0 Å². The van der Waals surface area contributed by atoms with Gasteiger partial charge in [0.05, 0.1) is 29.7 Å². The molecule has 1 aliphatic rings. The van der Waals surface area contributed by atoms with E-state index in [-0.39, 0.29) is 5.97 Å². The van der Waals surface area contributed by atoms with Crippen LogP contribution in [0.3, 0.4) is 0 Å². The number of esters is 1. The number of hydrogen-bond donors (Lipinski definition) is 1. The number of fused-ring (bicyclic) bond motifs is 1. The van der Waals surface area contributed by atoms with E-state index in [1.54, 1.807) is 30.8 Å². The van der Waals surface area contributed by atoms with E-state index < -0.39 is 0 Å². The summed E-state index contributed by atoms with van der Waals surface area (Å²) in [6.07, 6.45) is 0. The lowest BCUT2D eigenvalue weighted by Gasteiger charge is -2.05. The number of nitrogen functional groups attached to an aromatic ring is 1. The number of thioether (sulfide) groups is 1. The Bertz CT molecular complexity index is 708. The largest absolute Gasteiger partial charge is 0.462 e. The molecule has 0 aliphatic carbocycles. The number of aromatic nitrogens is 2. The standard InChI is InChI=1S/C13H14N4O2S/c1-2-19-11(18)8-3-4-10-9(7-8)16-12(14)17(10)13-15-5-6-20-13/h3-4,7H,2,5-6H2,1H3,(H2,14,16). The van der Waals surface area contributed by atoms with E-state index in [2.05, 4.69) is 9.98 Å². The fraction of sp³-hybridized carbons (Fsp3) is 0.308. The maximum Gasteiger partial charge on any atom is 0.338 e. The molecule has 2 aromatic rings. The van der Waals surface area contributed by atoms with Crippen LogP contribution in [0, 0.1) is 0 Å². The van der Waals surface area contributed by atoms with Crippen LogP contribution in [-0.2, 0) is 4.74 Å². The highest BCUT2D eigenvalue weighted by atomic mass is 32.2. The number of hydrogen-bond acceptors (Lipinski definition) is 6.